The number of nitrogens with zero attached hydrogens (tertiary/aromatic N) is 1. The molecule has 0 unspecified atom stereocenters. The molecule has 0 radical (unpaired) electrons. The number of carbonyl (C=O) groups excluding carboxylic acids is 1. The molecule has 1 heterocycles. The van der Waals surface area contributed by atoms with Crippen molar-refractivity contribution in [2.45, 2.75) is 25.8 Å². The van der Waals surface area contributed by atoms with Gasteiger partial charge >= 0.3 is 12.0 Å². The number of carbonyl (C=O) groups is 2. The second kappa shape index (κ2) is 5.05. The summed E-state index contributed by atoms with van der Waals surface area (Å²) < 4.78 is 0. The Balaban J connectivity index is 2.01. The van der Waals surface area contributed by atoms with E-state index in [-0.39, 0.29) is 17.6 Å². The highest BCUT2D eigenvalue weighted by Crippen LogP contribution is 2.25. The second-order valence-electron chi connectivity index (χ2n) is 5.23. The van der Waals surface area contributed by atoms with Gasteiger partial charge in [0.25, 0.3) is 0 Å². The lowest BCUT2D eigenvalue weighted by molar-refractivity contribution is 0.0697. The summed E-state index contributed by atoms with van der Waals surface area (Å²) in [6.07, 6.45) is 1.97. The van der Waals surface area contributed by atoms with E-state index in [1.165, 1.54) is 6.07 Å². The maximum Gasteiger partial charge on any atom is 0.335 e. The molecule has 0 atom stereocenters. The van der Waals surface area contributed by atoms with E-state index in [9.17, 15) is 9.59 Å². The van der Waals surface area contributed by atoms with Gasteiger partial charge < -0.3 is 15.7 Å². The van der Waals surface area contributed by atoms with Crippen molar-refractivity contribution in [1.82, 2.24) is 10.3 Å². The molecule has 1 aliphatic rings. The molecule has 108 valence electrons. The van der Waals surface area contributed by atoms with Crippen LogP contribution < -0.4 is 10.6 Å². The summed E-state index contributed by atoms with van der Waals surface area (Å²) in [7, 11) is 0. The van der Waals surface area contributed by atoms with Gasteiger partial charge in [-0.1, -0.05) is 6.07 Å². The van der Waals surface area contributed by atoms with E-state index in [1.807, 2.05) is 13.0 Å². The van der Waals surface area contributed by atoms with Gasteiger partial charge in [-0.15, -0.1) is 0 Å². The first kappa shape index (κ1) is 13.4. The number of carboxylic acid groups (broad SMARTS) is 1. The number of aryl methyl sites for hydroxylation is 1. The second-order valence-corrected chi connectivity index (χ2v) is 5.23. The first-order chi connectivity index (χ1) is 10.0. The predicted octanol–water partition coefficient (Wildman–Crippen LogP) is 2.53. The van der Waals surface area contributed by atoms with Crippen LogP contribution >= 0.6 is 0 Å². The molecule has 1 aromatic heterocycles. The third-order valence-electron chi connectivity index (χ3n) is 3.34. The maximum absolute atomic E-state index is 11.9. The average molecular weight is 285 g/mol. The van der Waals surface area contributed by atoms with Crippen LogP contribution in [0.25, 0.3) is 10.9 Å². The lowest BCUT2D eigenvalue weighted by atomic mass is 10.1. The zero-order valence-corrected chi connectivity index (χ0v) is 11.5. The number of aromatic nitrogens is 1. The standard InChI is InChI=1S/C15H15N3O3/c1-8-2-3-9-6-10(14(19)20)7-12(13(9)16-8)18-15(21)17-11-4-5-11/h2-3,6-7,11H,4-5H2,1H3,(H,19,20)(H2,17,18,21). The first-order valence-electron chi connectivity index (χ1n) is 6.75. The molecule has 1 aromatic carbocycles. The number of hydrogen-bond acceptors (Lipinski definition) is 3. The Morgan fingerprint density at radius 1 is 1.29 bits per heavy atom. The summed E-state index contributed by atoms with van der Waals surface area (Å²) in [6, 6.07) is 6.49. The Labute approximate surface area is 121 Å². The molecule has 1 aliphatic carbocycles. The number of aromatic carboxylic acids is 1. The molecule has 1 fully saturated rings. The van der Waals surface area contributed by atoms with Crippen LogP contribution in [0.1, 0.15) is 28.9 Å². The number of amides is 2. The van der Waals surface area contributed by atoms with Crippen LogP contribution in [0, 0.1) is 6.92 Å². The zero-order valence-electron chi connectivity index (χ0n) is 11.5. The van der Waals surface area contributed by atoms with Crippen molar-refractivity contribution in [3.05, 3.63) is 35.5 Å². The minimum absolute atomic E-state index is 0.120. The number of pyridine rings is 1. The monoisotopic (exact) mass is 285 g/mol. The summed E-state index contributed by atoms with van der Waals surface area (Å²) in [5.41, 5.74) is 1.92. The molecule has 1 saturated carbocycles. The van der Waals surface area contributed by atoms with Gasteiger partial charge in [0, 0.05) is 17.1 Å². The first-order valence-corrected chi connectivity index (χ1v) is 6.75. The quantitative estimate of drug-likeness (QED) is 0.808. The molecule has 6 nitrogen and oxygen atoms in total. The summed E-state index contributed by atoms with van der Waals surface area (Å²) >= 11 is 0. The number of fused-ring (bicyclic) bond motifs is 1. The van der Waals surface area contributed by atoms with Crippen molar-refractivity contribution in [3.8, 4) is 0 Å². The van der Waals surface area contributed by atoms with Crippen LogP contribution in [0.5, 0.6) is 0 Å². The molecular formula is C15H15N3O3. The number of rotatable bonds is 3. The van der Waals surface area contributed by atoms with E-state index in [0.29, 0.717) is 16.6 Å². The molecule has 2 amide bonds. The normalized spacial score (nSPS) is 14.0. The molecule has 0 saturated heterocycles. The Morgan fingerprint density at radius 2 is 2.05 bits per heavy atom. The van der Waals surface area contributed by atoms with Crippen molar-refractivity contribution in [2.24, 2.45) is 0 Å². The number of carboxylic acids is 1. The highest BCUT2D eigenvalue weighted by molar-refractivity contribution is 6.04. The van der Waals surface area contributed by atoms with Gasteiger partial charge in [0.2, 0.25) is 0 Å². The van der Waals surface area contributed by atoms with E-state index in [2.05, 4.69) is 15.6 Å². The molecule has 2 aromatic rings. The molecule has 3 N–H and O–H groups in total. The van der Waals surface area contributed by atoms with Gasteiger partial charge in [-0.3, -0.25) is 4.98 Å². The van der Waals surface area contributed by atoms with Crippen LogP contribution in [0.4, 0.5) is 10.5 Å². The summed E-state index contributed by atoms with van der Waals surface area (Å²) in [6.45, 7) is 1.85. The average Bonchev–Trinajstić information content (AvgIpc) is 3.22. The number of hydrogen-bond donors (Lipinski definition) is 3. The lowest BCUT2D eigenvalue weighted by Crippen LogP contribution is -2.30. The van der Waals surface area contributed by atoms with Crippen molar-refractivity contribution in [3.63, 3.8) is 0 Å². The van der Waals surface area contributed by atoms with Crippen LogP contribution in [0.15, 0.2) is 24.3 Å². The smallest absolute Gasteiger partial charge is 0.335 e. The number of urea groups is 1. The highest BCUT2D eigenvalue weighted by Gasteiger charge is 2.23. The van der Waals surface area contributed by atoms with Gasteiger partial charge in [-0.2, -0.15) is 0 Å². The summed E-state index contributed by atoms with van der Waals surface area (Å²) in [4.78, 5) is 27.5. The fraction of sp³-hybridized carbons (Fsp3) is 0.267. The van der Waals surface area contributed by atoms with E-state index in [1.54, 1.807) is 12.1 Å². The minimum Gasteiger partial charge on any atom is -0.478 e. The Bertz CT molecular complexity index is 738. The topological polar surface area (TPSA) is 91.3 Å². The third kappa shape index (κ3) is 2.94. The third-order valence-corrected chi connectivity index (χ3v) is 3.34. The Kier molecular flexibility index (Phi) is 3.21. The number of anilines is 1. The molecule has 0 aliphatic heterocycles. The van der Waals surface area contributed by atoms with E-state index in [4.69, 9.17) is 5.11 Å². The minimum atomic E-state index is -1.04. The van der Waals surface area contributed by atoms with Gasteiger partial charge in [-0.05, 0) is 38.0 Å². The highest BCUT2D eigenvalue weighted by atomic mass is 16.4. The summed E-state index contributed by atoms with van der Waals surface area (Å²) in [5.74, 6) is -1.04. The van der Waals surface area contributed by atoms with Gasteiger partial charge in [-0.25, -0.2) is 9.59 Å². The van der Waals surface area contributed by atoms with Crippen molar-refractivity contribution >= 4 is 28.6 Å². The fourth-order valence-electron chi connectivity index (χ4n) is 2.12. The van der Waals surface area contributed by atoms with Crippen molar-refractivity contribution < 1.29 is 14.7 Å². The Hall–Kier alpha value is -2.63. The SMILES string of the molecule is Cc1ccc2cc(C(=O)O)cc(NC(=O)NC3CC3)c2n1. The van der Waals surface area contributed by atoms with Crippen LogP contribution in [0.3, 0.4) is 0 Å². The molecule has 0 spiro atoms. The van der Waals surface area contributed by atoms with Crippen LogP contribution in [-0.4, -0.2) is 28.1 Å². The Morgan fingerprint density at radius 3 is 2.71 bits per heavy atom. The van der Waals surface area contributed by atoms with Gasteiger partial charge in [0.15, 0.2) is 0 Å². The van der Waals surface area contributed by atoms with Gasteiger partial charge in [0.05, 0.1) is 16.8 Å². The molecular weight excluding hydrogens is 270 g/mol. The fourth-order valence-corrected chi connectivity index (χ4v) is 2.12. The van der Waals surface area contributed by atoms with Crippen molar-refractivity contribution in [1.29, 1.82) is 0 Å². The van der Waals surface area contributed by atoms with Crippen LogP contribution in [0.2, 0.25) is 0 Å². The molecule has 21 heavy (non-hydrogen) atoms. The van der Waals surface area contributed by atoms with E-state index >= 15 is 0 Å². The predicted molar refractivity (Wildman–Crippen MR) is 78.6 cm³/mol. The largest absolute Gasteiger partial charge is 0.478 e. The van der Waals surface area contributed by atoms with E-state index < -0.39 is 5.97 Å². The number of benzene rings is 1. The maximum atomic E-state index is 11.9. The van der Waals surface area contributed by atoms with Crippen LogP contribution in [-0.2, 0) is 0 Å². The molecule has 6 heteroatoms. The number of nitrogens with one attached hydrogen (secondary N) is 2. The summed E-state index contributed by atoms with van der Waals surface area (Å²) in [5, 5.41) is 15.4. The lowest BCUT2D eigenvalue weighted by Gasteiger charge is -2.11. The van der Waals surface area contributed by atoms with Crippen molar-refractivity contribution in [2.75, 3.05) is 5.32 Å². The van der Waals surface area contributed by atoms with Gasteiger partial charge in [0.1, 0.15) is 0 Å². The van der Waals surface area contributed by atoms with E-state index in [0.717, 1.165) is 18.5 Å². The molecule has 3 rings (SSSR count). The molecule has 0 bridgehead atoms. The zero-order chi connectivity index (χ0) is 15.0.